The van der Waals surface area contributed by atoms with Crippen molar-refractivity contribution < 1.29 is 24.2 Å². The normalized spacial score (nSPS) is 10.8. The van der Waals surface area contributed by atoms with Crippen molar-refractivity contribution in [1.82, 2.24) is 0 Å². The molecule has 8 heteroatoms. The van der Waals surface area contributed by atoms with Crippen LogP contribution in [0.4, 0.5) is 5.69 Å². The number of nitriles is 1. The fourth-order valence-electron chi connectivity index (χ4n) is 2.90. The minimum atomic E-state index is -1.37. The second-order valence-electron chi connectivity index (χ2n) is 6.78. The first-order chi connectivity index (χ1) is 15.9. The number of carboxylic acids is 1. The number of methoxy groups -OCH3 is 1. The third kappa shape index (κ3) is 6.12. The van der Waals surface area contributed by atoms with E-state index in [2.05, 4.69) is 5.32 Å². The number of carbonyl (C=O) groups is 2. The fourth-order valence-corrected chi connectivity index (χ4v) is 3.09. The van der Waals surface area contributed by atoms with Gasteiger partial charge in [-0.05, 0) is 47.5 Å². The maximum absolute atomic E-state index is 12.5. The molecule has 7 nitrogen and oxygen atoms in total. The zero-order chi connectivity index (χ0) is 23.8. The molecule has 0 bridgehead atoms. The van der Waals surface area contributed by atoms with E-state index in [1.54, 1.807) is 24.3 Å². The summed E-state index contributed by atoms with van der Waals surface area (Å²) in [7, 11) is 1.48. The lowest BCUT2D eigenvalue weighted by atomic mass is 10.1. The number of rotatable bonds is 8. The fraction of sp³-hybridized carbons (Fsp3) is 0.0800. The second-order valence-corrected chi connectivity index (χ2v) is 7.19. The molecule has 0 saturated heterocycles. The van der Waals surface area contributed by atoms with Crippen molar-refractivity contribution in [2.45, 2.75) is 6.61 Å². The Hall–Kier alpha value is -4.28. The number of nitrogens with zero attached hydrogens (tertiary/aromatic N) is 1. The molecule has 0 aliphatic carbocycles. The van der Waals surface area contributed by atoms with Crippen LogP contribution in [0.3, 0.4) is 0 Å². The van der Waals surface area contributed by atoms with Gasteiger partial charge in [0.05, 0.1) is 13.1 Å². The summed E-state index contributed by atoms with van der Waals surface area (Å²) in [5, 5.41) is 23.5. The summed E-state index contributed by atoms with van der Waals surface area (Å²) in [6, 6.07) is 19.7. The molecule has 0 saturated carbocycles. The monoisotopic (exact) mass is 461 g/mol. The minimum absolute atomic E-state index is 0.0904. The van der Waals surface area contributed by atoms with E-state index >= 15 is 0 Å². The Morgan fingerprint density at radius 2 is 1.88 bits per heavy atom. The summed E-state index contributed by atoms with van der Waals surface area (Å²) in [5.74, 6) is -1.18. The van der Waals surface area contributed by atoms with Crippen LogP contribution in [-0.4, -0.2) is 19.0 Å². The Morgan fingerprint density at radius 1 is 1.09 bits per heavy atom. The maximum Gasteiger partial charge on any atom is 0.266 e. The molecule has 0 unspecified atom stereocenters. The van der Waals surface area contributed by atoms with E-state index < -0.39 is 11.9 Å². The number of halogens is 1. The van der Waals surface area contributed by atoms with E-state index in [1.165, 1.54) is 37.5 Å². The standard InChI is InChI=1S/C25H19ClN2O5/c1-32-23-12-16(9-10-22(23)33-15-18-5-2-3-8-21(18)26)11-19(14-27)24(29)28-20-7-4-6-17(13-20)25(30)31/h2-13H,15H2,1H3,(H,28,29)(H,30,31)/p-1/b19-11+. The number of amides is 1. The van der Waals surface area contributed by atoms with E-state index in [0.29, 0.717) is 22.1 Å². The van der Waals surface area contributed by atoms with Gasteiger partial charge in [0, 0.05) is 16.3 Å². The van der Waals surface area contributed by atoms with Gasteiger partial charge in [0.25, 0.3) is 5.91 Å². The molecule has 3 aromatic rings. The second kappa shape index (κ2) is 10.8. The van der Waals surface area contributed by atoms with Gasteiger partial charge in [-0.1, -0.05) is 48.0 Å². The highest BCUT2D eigenvalue weighted by atomic mass is 35.5. The van der Waals surface area contributed by atoms with Crippen LogP contribution >= 0.6 is 11.6 Å². The van der Waals surface area contributed by atoms with Crippen molar-refractivity contribution in [3.05, 3.63) is 94.0 Å². The molecule has 0 atom stereocenters. The van der Waals surface area contributed by atoms with Gasteiger partial charge in [0.1, 0.15) is 18.2 Å². The lowest BCUT2D eigenvalue weighted by molar-refractivity contribution is -0.255. The first-order valence-corrected chi connectivity index (χ1v) is 10.1. The van der Waals surface area contributed by atoms with Crippen LogP contribution in [0.25, 0.3) is 6.08 Å². The molecule has 1 amide bonds. The minimum Gasteiger partial charge on any atom is -0.545 e. The molecule has 33 heavy (non-hydrogen) atoms. The number of hydrogen-bond acceptors (Lipinski definition) is 6. The van der Waals surface area contributed by atoms with Gasteiger partial charge in [-0.25, -0.2) is 0 Å². The predicted molar refractivity (Wildman–Crippen MR) is 122 cm³/mol. The largest absolute Gasteiger partial charge is 0.545 e. The van der Waals surface area contributed by atoms with Crippen molar-refractivity contribution in [2.75, 3.05) is 12.4 Å². The number of hydrogen-bond donors (Lipinski definition) is 1. The van der Waals surface area contributed by atoms with Gasteiger partial charge < -0.3 is 24.7 Å². The number of carboxylic acid groups (broad SMARTS) is 1. The van der Waals surface area contributed by atoms with Crippen molar-refractivity contribution in [3.8, 4) is 17.6 Å². The number of aromatic carboxylic acids is 1. The molecule has 0 spiro atoms. The number of anilines is 1. The van der Waals surface area contributed by atoms with Crippen molar-refractivity contribution in [3.63, 3.8) is 0 Å². The third-order valence-electron chi connectivity index (χ3n) is 4.56. The van der Waals surface area contributed by atoms with Crippen LogP contribution in [0.1, 0.15) is 21.5 Å². The summed E-state index contributed by atoms with van der Waals surface area (Å²) < 4.78 is 11.2. The Kier molecular flexibility index (Phi) is 7.68. The van der Waals surface area contributed by atoms with Crippen molar-refractivity contribution in [2.24, 2.45) is 0 Å². The number of ether oxygens (including phenoxy) is 2. The molecule has 0 fully saturated rings. The van der Waals surface area contributed by atoms with Crippen molar-refractivity contribution in [1.29, 1.82) is 5.26 Å². The van der Waals surface area contributed by atoms with E-state index in [-0.39, 0.29) is 23.4 Å². The average molecular weight is 462 g/mol. The molecule has 0 radical (unpaired) electrons. The molecule has 0 aliphatic heterocycles. The van der Waals surface area contributed by atoms with E-state index in [4.69, 9.17) is 21.1 Å². The van der Waals surface area contributed by atoms with Crippen LogP contribution < -0.4 is 19.9 Å². The van der Waals surface area contributed by atoms with Gasteiger partial charge in [-0.15, -0.1) is 0 Å². The zero-order valence-electron chi connectivity index (χ0n) is 17.5. The van der Waals surface area contributed by atoms with E-state index in [0.717, 1.165) is 5.56 Å². The molecule has 166 valence electrons. The molecule has 0 aliphatic rings. The molecule has 1 N–H and O–H groups in total. The molecule has 3 rings (SSSR count). The predicted octanol–water partition coefficient (Wildman–Crippen LogP) is 3.84. The number of benzene rings is 3. The van der Waals surface area contributed by atoms with Gasteiger partial charge >= 0.3 is 0 Å². The van der Waals surface area contributed by atoms with Crippen LogP contribution in [-0.2, 0) is 11.4 Å². The van der Waals surface area contributed by atoms with Crippen LogP contribution in [0, 0.1) is 11.3 Å². The summed E-state index contributed by atoms with van der Waals surface area (Å²) in [6.45, 7) is 0.238. The topological polar surface area (TPSA) is 111 Å². The van der Waals surface area contributed by atoms with Gasteiger partial charge in [0.2, 0.25) is 0 Å². The highest BCUT2D eigenvalue weighted by Gasteiger charge is 2.12. The smallest absolute Gasteiger partial charge is 0.266 e. The molecule has 0 aromatic heterocycles. The summed E-state index contributed by atoms with van der Waals surface area (Å²) in [4.78, 5) is 23.5. The highest BCUT2D eigenvalue weighted by molar-refractivity contribution is 6.31. The van der Waals surface area contributed by atoms with Crippen LogP contribution in [0.15, 0.2) is 72.3 Å². The van der Waals surface area contributed by atoms with Crippen LogP contribution in [0.2, 0.25) is 5.02 Å². The van der Waals surface area contributed by atoms with Gasteiger partial charge in [0.15, 0.2) is 11.5 Å². The first-order valence-electron chi connectivity index (χ1n) is 9.70. The SMILES string of the molecule is COc1cc(/C=C(\C#N)C(=O)Nc2cccc(C(=O)[O-])c2)ccc1OCc1ccccc1Cl. The molecular weight excluding hydrogens is 444 g/mol. The maximum atomic E-state index is 12.5. The number of nitrogens with one attached hydrogen (secondary N) is 1. The lowest BCUT2D eigenvalue weighted by Gasteiger charge is -2.12. The molecule has 0 heterocycles. The Balaban J connectivity index is 1.77. The summed E-state index contributed by atoms with van der Waals surface area (Å²) >= 11 is 6.15. The molecular formula is C25H18ClN2O5-. The Bertz CT molecular complexity index is 1260. The van der Waals surface area contributed by atoms with Crippen LogP contribution in [0.5, 0.6) is 11.5 Å². The number of carbonyl (C=O) groups excluding carboxylic acids is 2. The lowest BCUT2D eigenvalue weighted by Crippen LogP contribution is -2.22. The Labute approximate surface area is 195 Å². The quantitative estimate of drug-likeness (QED) is 0.403. The summed E-state index contributed by atoms with van der Waals surface area (Å²) in [6.07, 6.45) is 1.39. The molecule has 3 aromatic carbocycles. The summed E-state index contributed by atoms with van der Waals surface area (Å²) in [5.41, 5.74) is 1.31. The van der Waals surface area contributed by atoms with Gasteiger partial charge in [-0.3, -0.25) is 4.79 Å². The Morgan fingerprint density at radius 3 is 2.58 bits per heavy atom. The van der Waals surface area contributed by atoms with E-state index in [9.17, 15) is 20.0 Å². The third-order valence-corrected chi connectivity index (χ3v) is 4.93. The first kappa shape index (κ1) is 23.4. The van der Waals surface area contributed by atoms with Crippen molar-refractivity contribution >= 4 is 35.2 Å². The van der Waals surface area contributed by atoms with E-state index in [1.807, 2.05) is 24.3 Å². The average Bonchev–Trinajstić information content (AvgIpc) is 2.82. The highest BCUT2D eigenvalue weighted by Crippen LogP contribution is 2.30. The van der Waals surface area contributed by atoms with Gasteiger partial charge in [-0.2, -0.15) is 5.26 Å². The zero-order valence-corrected chi connectivity index (χ0v) is 18.3.